The summed E-state index contributed by atoms with van der Waals surface area (Å²) in [7, 11) is 3.29. The largest absolute Gasteiger partial charge is 0.493 e. The molecular formula is C24H25Cl2NO3. The fraction of sp³-hybridized carbons (Fsp3) is 0.250. The first-order valence-corrected chi connectivity index (χ1v) is 10.4. The molecule has 0 aliphatic carbocycles. The average molecular weight is 446 g/mol. The average Bonchev–Trinajstić information content (AvgIpc) is 2.77. The number of rotatable bonds is 10. The molecule has 0 amide bonds. The third-order valence-electron chi connectivity index (χ3n) is 4.66. The number of nitrogens with one attached hydrogen (secondary N) is 1. The van der Waals surface area contributed by atoms with Crippen LogP contribution in [0.5, 0.6) is 17.2 Å². The van der Waals surface area contributed by atoms with Crippen molar-refractivity contribution >= 4 is 23.2 Å². The van der Waals surface area contributed by atoms with Crippen molar-refractivity contribution in [1.82, 2.24) is 5.32 Å². The molecule has 0 saturated carbocycles. The van der Waals surface area contributed by atoms with E-state index in [1.165, 1.54) is 5.56 Å². The van der Waals surface area contributed by atoms with E-state index in [9.17, 15) is 0 Å². The molecular weight excluding hydrogens is 421 g/mol. The van der Waals surface area contributed by atoms with Gasteiger partial charge in [-0.2, -0.15) is 0 Å². The number of hydrogen-bond donors (Lipinski definition) is 1. The molecule has 0 fully saturated rings. The summed E-state index contributed by atoms with van der Waals surface area (Å²) >= 11 is 12.0. The van der Waals surface area contributed by atoms with E-state index < -0.39 is 0 Å². The molecule has 3 aromatic carbocycles. The Labute approximate surface area is 187 Å². The minimum Gasteiger partial charge on any atom is -0.493 e. The molecule has 0 unspecified atom stereocenters. The summed E-state index contributed by atoms with van der Waals surface area (Å²) in [6.45, 7) is 2.05. The van der Waals surface area contributed by atoms with Crippen molar-refractivity contribution in [2.45, 2.75) is 19.6 Å². The molecule has 4 nitrogen and oxygen atoms in total. The quantitative estimate of drug-likeness (QED) is 0.393. The Morgan fingerprint density at radius 2 is 1.57 bits per heavy atom. The summed E-state index contributed by atoms with van der Waals surface area (Å²) in [6.07, 6.45) is 0.897. The van der Waals surface area contributed by atoms with Gasteiger partial charge in [0.1, 0.15) is 12.4 Å². The monoisotopic (exact) mass is 445 g/mol. The fourth-order valence-electron chi connectivity index (χ4n) is 3.04. The van der Waals surface area contributed by atoms with E-state index in [0.717, 1.165) is 47.9 Å². The molecule has 0 atom stereocenters. The van der Waals surface area contributed by atoms with Crippen LogP contribution in [-0.4, -0.2) is 20.8 Å². The maximum atomic E-state index is 6.06. The summed E-state index contributed by atoms with van der Waals surface area (Å²) in [6, 6.07) is 19.6. The zero-order valence-corrected chi connectivity index (χ0v) is 18.6. The molecule has 1 N–H and O–H groups in total. The highest BCUT2D eigenvalue weighted by molar-refractivity contribution is 6.42. The molecule has 0 saturated heterocycles. The van der Waals surface area contributed by atoms with Gasteiger partial charge in [-0.15, -0.1) is 0 Å². The van der Waals surface area contributed by atoms with Crippen molar-refractivity contribution in [3.63, 3.8) is 0 Å². The second-order valence-electron chi connectivity index (χ2n) is 6.80. The molecule has 0 bridgehead atoms. The third-order valence-corrected chi connectivity index (χ3v) is 5.39. The summed E-state index contributed by atoms with van der Waals surface area (Å²) in [5, 5.41) is 4.55. The van der Waals surface area contributed by atoms with Gasteiger partial charge < -0.3 is 19.5 Å². The van der Waals surface area contributed by atoms with E-state index in [1.807, 2.05) is 42.5 Å². The Kier molecular flexibility index (Phi) is 8.26. The third kappa shape index (κ3) is 6.30. The van der Waals surface area contributed by atoms with E-state index in [-0.39, 0.29) is 0 Å². The van der Waals surface area contributed by atoms with Gasteiger partial charge in [0, 0.05) is 6.54 Å². The van der Waals surface area contributed by atoms with Crippen LogP contribution >= 0.6 is 23.2 Å². The Morgan fingerprint density at radius 1 is 0.767 bits per heavy atom. The number of methoxy groups -OCH3 is 2. The van der Waals surface area contributed by atoms with Crippen LogP contribution in [0.1, 0.15) is 16.7 Å². The summed E-state index contributed by atoms with van der Waals surface area (Å²) < 4.78 is 16.5. The van der Waals surface area contributed by atoms with E-state index in [4.69, 9.17) is 37.4 Å². The number of benzene rings is 3. The van der Waals surface area contributed by atoms with E-state index >= 15 is 0 Å². The van der Waals surface area contributed by atoms with Crippen molar-refractivity contribution in [2.75, 3.05) is 20.8 Å². The van der Waals surface area contributed by atoms with Gasteiger partial charge in [-0.25, -0.2) is 0 Å². The molecule has 3 rings (SSSR count). The van der Waals surface area contributed by atoms with Crippen molar-refractivity contribution in [3.05, 3.63) is 87.4 Å². The van der Waals surface area contributed by atoms with Crippen molar-refractivity contribution in [3.8, 4) is 17.2 Å². The van der Waals surface area contributed by atoms with Gasteiger partial charge in [0.15, 0.2) is 11.5 Å². The molecule has 0 aliphatic rings. The van der Waals surface area contributed by atoms with Gasteiger partial charge in [0.25, 0.3) is 0 Å². The summed E-state index contributed by atoms with van der Waals surface area (Å²) in [5.41, 5.74) is 3.33. The molecule has 30 heavy (non-hydrogen) atoms. The van der Waals surface area contributed by atoms with Gasteiger partial charge in [0.05, 0.1) is 24.3 Å². The summed E-state index contributed by atoms with van der Waals surface area (Å²) in [4.78, 5) is 0. The normalized spacial score (nSPS) is 10.7. The Morgan fingerprint density at radius 3 is 2.33 bits per heavy atom. The van der Waals surface area contributed by atoms with Gasteiger partial charge in [0.2, 0.25) is 0 Å². The highest BCUT2D eigenvalue weighted by Crippen LogP contribution is 2.27. The smallest absolute Gasteiger partial charge is 0.160 e. The lowest BCUT2D eigenvalue weighted by molar-refractivity contribution is 0.306. The van der Waals surface area contributed by atoms with Crippen LogP contribution in [0.25, 0.3) is 0 Å². The van der Waals surface area contributed by atoms with Gasteiger partial charge >= 0.3 is 0 Å². The van der Waals surface area contributed by atoms with Crippen molar-refractivity contribution in [2.24, 2.45) is 0 Å². The molecule has 0 aliphatic heterocycles. The van der Waals surface area contributed by atoms with Crippen LogP contribution in [0.15, 0.2) is 60.7 Å². The lowest BCUT2D eigenvalue weighted by atomic mass is 10.1. The van der Waals surface area contributed by atoms with Gasteiger partial charge in [-0.05, 0) is 66.1 Å². The van der Waals surface area contributed by atoms with Crippen LogP contribution in [0.3, 0.4) is 0 Å². The first kappa shape index (κ1) is 22.3. The highest BCUT2D eigenvalue weighted by atomic mass is 35.5. The van der Waals surface area contributed by atoms with Crippen molar-refractivity contribution in [1.29, 1.82) is 0 Å². The molecule has 0 spiro atoms. The fourth-order valence-corrected chi connectivity index (χ4v) is 3.36. The topological polar surface area (TPSA) is 39.7 Å². The van der Waals surface area contributed by atoms with Crippen LogP contribution in [-0.2, 0) is 19.6 Å². The predicted molar refractivity (Wildman–Crippen MR) is 122 cm³/mol. The summed E-state index contributed by atoms with van der Waals surface area (Å²) in [5.74, 6) is 2.31. The molecule has 0 heterocycles. The molecule has 0 radical (unpaired) electrons. The zero-order chi connectivity index (χ0) is 21.3. The predicted octanol–water partition coefficient (Wildman–Crippen LogP) is 5.92. The van der Waals surface area contributed by atoms with Crippen LogP contribution < -0.4 is 19.5 Å². The Hall–Kier alpha value is -2.40. The van der Waals surface area contributed by atoms with E-state index in [0.29, 0.717) is 16.7 Å². The second-order valence-corrected chi connectivity index (χ2v) is 7.62. The minimum absolute atomic E-state index is 0.438. The lowest BCUT2D eigenvalue weighted by Gasteiger charge is -2.11. The molecule has 3 aromatic rings. The minimum atomic E-state index is 0.438. The molecule has 6 heteroatoms. The van der Waals surface area contributed by atoms with E-state index in [1.54, 1.807) is 20.3 Å². The van der Waals surface area contributed by atoms with E-state index in [2.05, 4.69) is 17.4 Å². The number of ether oxygens (including phenoxy) is 3. The van der Waals surface area contributed by atoms with Gasteiger partial charge in [-0.3, -0.25) is 0 Å². The standard InChI is InChI=1S/C24H25Cl2NO3/c1-28-23-9-7-17(14-24(23)29-2)10-11-27-15-18-4-3-5-20(12-18)30-16-19-6-8-21(25)22(26)13-19/h3-9,12-14,27H,10-11,15-16H2,1-2H3. The van der Waals surface area contributed by atoms with Crippen LogP contribution in [0.4, 0.5) is 0 Å². The van der Waals surface area contributed by atoms with Crippen molar-refractivity contribution < 1.29 is 14.2 Å². The van der Waals surface area contributed by atoms with Crippen LogP contribution in [0, 0.1) is 0 Å². The van der Waals surface area contributed by atoms with Crippen LogP contribution in [0.2, 0.25) is 10.0 Å². The lowest BCUT2D eigenvalue weighted by Crippen LogP contribution is -2.16. The first-order chi connectivity index (χ1) is 14.6. The highest BCUT2D eigenvalue weighted by Gasteiger charge is 2.05. The first-order valence-electron chi connectivity index (χ1n) is 9.66. The second kappa shape index (κ2) is 11.1. The zero-order valence-electron chi connectivity index (χ0n) is 17.1. The SMILES string of the molecule is COc1ccc(CCNCc2cccc(OCc3ccc(Cl)c(Cl)c3)c2)cc1OC. The van der Waals surface area contributed by atoms with Gasteiger partial charge in [-0.1, -0.05) is 47.5 Å². The number of hydrogen-bond acceptors (Lipinski definition) is 4. The maximum absolute atomic E-state index is 6.06. The Bertz CT molecular complexity index is 978. The molecule has 158 valence electrons. The number of halogens is 2. The Balaban J connectivity index is 1.47. The molecule has 0 aromatic heterocycles. The maximum Gasteiger partial charge on any atom is 0.160 e.